The lowest BCUT2D eigenvalue weighted by Gasteiger charge is -2.32. The van der Waals surface area contributed by atoms with Gasteiger partial charge in [-0.15, -0.1) is 0 Å². The van der Waals surface area contributed by atoms with Crippen LogP contribution in [0.4, 0.5) is 5.69 Å². The minimum Gasteiger partial charge on any atom is -0.371 e. The zero-order valence-electron chi connectivity index (χ0n) is 9.98. The number of benzene rings is 1. The summed E-state index contributed by atoms with van der Waals surface area (Å²) in [5.74, 6) is 0.792. The first-order valence-electron chi connectivity index (χ1n) is 5.94. The topological polar surface area (TPSA) is 50.8 Å². The van der Waals surface area contributed by atoms with E-state index in [1.807, 2.05) is 18.2 Å². The van der Waals surface area contributed by atoms with Crippen molar-refractivity contribution in [2.24, 2.45) is 5.92 Å². The Hall–Kier alpha value is -2.00. The summed E-state index contributed by atoms with van der Waals surface area (Å²) in [7, 11) is 0. The summed E-state index contributed by atoms with van der Waals surface area (Å²) in [6.45, 7) is 4.35. The van der Waals surface area contributed by atoms with Gasteiger partial charge in [-0.25, -0.2) is 0 Å². The van der Waals surface area contributed by atoms with Gasteiger partial charge in [0.2, 0.25) is 0 Å². The van der Waals surface area contributed by atoms with Gasteiger partial charge < -0.3 is 4.90 Å². The zero-order valence-corrected chi connectivity index (χ0v) is 9.98. The van der Waals surface area contributed by atoms with E-state index in [1.165, 1.54) is 12.8 Å². The molecular formula is C14H15N3. The Morgan fingerprint density at radius 1 is 1.12 bits per heavy atom. The van der Waals surface area contributed by atoms with E-state index >= 15 is 0 Å². The summed E-state index contributed by atoms with van der Waals surface area (Å²) in [4.78, 5) is 2.29. The molecule has 3 heteroatoms. The van der Waals surface area contributed by atoms with Gasteiger partial charge in [0.1, 0.15) is 12.1 Å². The largest absolute Gasteiger partial charge is 0.371 e. The van der Waals surface area contributed by atoms with Crippen LogP contribution in [-0.2, 0) is 0 Å². The lowest BCUT2D eigenvalue weighted by molar-refractivity contribution is 0.438. The fourth-order valence-electron chi connectivity index (χ4n) is 2.19. The molecule has 0 spiro atoms. The molecule has 1 fully saturated rings. The van der Waals surface area contributed by atoms with Crippen molar-refractivity contribution in [3.63, 3.8) is 0 Å². The molecule has 17 heavy (non-hydrogen) atoms. The summed E-state index contributed by atoms with van der Waals surface area (Å²) in [5, 5.41) is 17.9. The molecule has 0 atom stereocenters. The molecule has 3 nitrogen and oxygen atoms in total. The highest BCUT2D eigenvalue weighted by molar-refractivity contribution is 5.57. The minimum absolute atomic E-state index is 0.460. The maximum atomic E-state index is 8.99. The van der Waals surface area contributed by atoms with Gasteiger partial charge in [-0.2, -0.15) is 10.5 Å². The first-order valence-corrected chi connectivity index (χ1v) is 5.94. The molecule has 0 aliphatic carbocycles. The van der Waals surface area contributed by atoms with Crippen LogP contribution in [0.25, 0.3) is 0 Å². The van der Waals surface area contributed by atoms with Crippen molar-refractivity contribution >= 4 is 5.69 Å². The maximum absolute atomic E-state index is 8.99. The number of piperidine rings is 1. The highest BCUT2D eigenvalue weighted by Crippen LogP contribution is 2.24. The molecule has 1 heterocycles. The van der Waals surface area contributed by atoms with Crippen LogP contribution in [0.1, 0.15) is 30.9 Å². The van der Waals surface area contributed by atoms with Crippen molar-refractivity contribution in [2.45, 2.75) is 19.8 Å². The molecule has 1 aromatic carbocycles. The molecule has 0 N–H and O–H groups in total. The van der Waals surface area contributed by atoms with Crippen molar-refractivity contribution in [3.05, 3.63) is 29.3 Å². The molecular weight excluding hydrogens is 210 g/mol. The van der Waals surface area contributed by atoms with Crippen LogP contribution in [0.15, 0.2) is 18.2 Å². The predicted molar refractivity (Wildman–Crippen MR) is 66.5 cm³/mol. The smallest absolute Gasteiger partial charge is 0.101 e. The number of nitriles is 2. The molecule has 1 aliphatic rings. The fourth-order valence-corrected chi connectivity index (χ4v) is 2.19. The van der Waals surface area contributed by atoms with Crippen LogP contribution in [-0.4, -0.2) is 13.1 Å². The summed E-state index contributed by atoms with van der Waals surface area (Å²) in [6, 6.07) is 9.64. The van der Waals surface area contributed by atoms with Crippen molar-refractivity contribution < 1.29 is 0 Å². The third-order valence-corrected chi connectivity index (χ3v) is 3.39. The van der Waals surface area contributed by atoms with Gasteiger partial charge >= 0.3 is 0 Å². The summed E-state index contributed by atoms with van der Waals surface area (Å²) < 4.78 is 0. The van der Waals surface area contributed by atoms with Gasteiger partial charge in [-0.1, -0.05) is 6.92 Å². The number of hydrogen-bond donors (Lipinski definition) is 0. The van der Waals surface area contributed by atoms with Gasteiger partial charge in [0.15, 0.2) is 0 Å². The van der Waals surface area contributed by atoms with Crippen LogP contribution in [0.2, 0.25) is 0 Å². The number of nitrogens with zero attached hydrogens (tertiary/aromatic N) is 3. The van der Waals surface area contributed by atoms with E-state index in [9.17, 15) is 0 Å². The third-order valence-electron chi connectivity index (χ3n) is 3.39. The van der Waals surface area contributed by atoms with Crippen LogP contribution < -0.4 is 4.90 Å². The Labute approximate surface area is 102 Å². The average Bonchev–Trinajstić information content (AvgIpc) is 2.39. The molecule has 0 amide bonds. The maximum Gasteiger partial charge on any atom is 0.101 e. The van der Waals surface area contributed by atoms with Crippen LogP contribution in [0, 0.1) is 28.6 Å². The summed E-state index contributed by atoms with van der Waals surface area (Å²) >= 11 is 0. The van der Waals surface area contributed by atoms with E-state index in [4.69, 9.17) is 10.5 Å². The Morgan fingerprint density at radius 2 is 1.76 bits per heavy atom. The van der Waals surface area contributed by atoms with Crippen molar-refractivity contribution in [1.82, 2.24) is 0 Å². The van der Waals surface area contributed by atoms with Gasteiger partial charge in [0, 0.05) is 18.8 Å². The van der Waals surface area contributed by atoms with Gasteiger partial charge in [-0.05, 0) is 37.0 Å². The predicted octanol–water partition coefficient (Wildman–Crippen LogP) is 2.67. The molecule has 0 bridgehead atoms. The molecule has 1 aromatic rings. The standard InChI is InChI=1S/C14H15N3/c1-11-4-6-17(7-5-11)14-3-2-12(9-15)13(8-14)10-16/h2-3,8,11H,4-7H2,1H3. The van der Waals surface area contributed by atoms with E-state index in [1.54, 1.807) is 6.07 Å². The molecule has 0 radical (unpaired) electrons. The van der Waals surface area contributed by atoms with E-state index in [2.05, 4.69) is 17.9 Å². The highest BCUT2D eigenvalue weighted by atomic mass is 15.1. The quantitative estimate of drug-likeness (QED) is 0.738. The first kappa shape index (κ1) is 11.5. The lowest BCUT2D eigenvalue weighted by atomic mass is 9.98. The average molecular weight is 225 g/mol. The van der Waals surface area contributed by atoms with E-state index < -0.39 is 0 Å². The second-order valence-corrected chi connectivity index (χ2v) is 4.62. The molecule has 0 saturated carbocycles. The SMILES string of the molecule is CC1CCN(c2ccc(C#N)c(C#N)c2)CC1. The monoisotopic (exact) mass is 225 g/mol. The van der Waals surface area contributed by atoms with Crippen LogP contribution in [0.5, 0.6) is 0 Å². The molecule has 1 saturated heterocycles. The molecule has 0 aromatic heterocycles. The van der Waals surface area contributed by atoms with Gasteiger partial charge in [-0.3, -0.25) is 0 Å². The minimum atomic E-state index is 0.460. The molecule has 86 valence electrons. The second-order valence-electron chi connectivity index (χ2n) is 4.62. The van der Waals surface area contributed by atoms with E-state index in [-0.39, 0.29) is 0 Å². The third kappa shape index (κ3) is 2.40. The zero-order chi connectivity index (χ0) is 12.3. The van der Waals surface area contributed by atoms with Crippen molar-refractivity contribution in [2.75, 3.05) is 18.0 Å². The normalized spacial score (nSPS) is 16.3. The second kappa shape index (κ2) is 4.89. The van der Waals surface area contributed by atoms with Gasteiger partial charge in [0.25, 0.3) is 0 Å². The van der Waals surface area contributed by atoms with Crippen LogP contribution >= 0.6 is 0 Å². The van der Waals surface area contributed by atoms with E-state index in [0.717, 1.165) is 24.7 Å². The molecule has 0 unspecified atom stereocenters. The van der Waals surface area contributed by atoms with Gasteiger partial charge in [0.05, 0.1) is 11.1 Å². The Balaban J connectivity index is 2.23. The lowest BCUT2D eigenvalue weighted by Crippen LogP contribution is -2.32. The Morgan fingerprint density at radius 3 is 2.35 bits per heavy atom. The summed E-state index contributed by atoms with van der Waals surface area (Å²) in [5.41, 5.74) is 2.00. The van der Waals surface area contributed by atoms with Crippen molar-refractivity contribution in [1.29, 1.82) is 10.5 Å². The molecule has 2 rings (SSSR count). The summed E-state index contributed by atoms with van der Waals surface area (Å²) in [6.07, 6.45) is 2.39. The van der Waals surface area contributed by atoms with E-state index in [0.29, 0.717) is 11.1 Å². The number of rotatable bonds is 1. The number of hydrogen-bond acceptors (Lipinski definition) is 3. The first-order chi connectivity index (χ1) is 8.24. The fraction of sp³-hybridized carbons (Fsp3) is 0.429. The highest BCUT2D eigenvalue weighted by Gasteiger charge is 2.16. The van der Waals surface area contributed by atoms with Crippen LogP contribution in [0.3, 0.4) is 0 Å². The van der Waals surface area contributed by atoms with Crippen molar-refractivity contribution in [3.8, 4) is 12.1 Å². The Bertz CT molecular complexity index is 485. The number of anilines is 1. The Kier molecular flexibility index (Phi) is 3.30. The molecule has 1 aliphatic heterocycles.